The Labute approximate surface area is 149 Å². The van der Waals surface area contributed by atoms with Crippen molar-refractivity contribution in [2.75, 3.05) is 6.79 Å². The SMILES string of the molecule is CC(NC(=S)NCc1ccc2c(c1)OCO2)c1ccc(Br)cc1. The van der Waals surface area contributed by atoms with E-state index in [4.69, 9.17) is 21.7 Å². The molecule has 0 bridgehead atoms. The molecule has 4 nitrogen and oxygen atoms in total. The molecule has 0 aliphatic carbocycles. The molecule has 1 unspecified atom stereocenters. The first-order valence-electron chi connectivity index (χ1n) is 7.30. The lowest BCUT2D eigenvalue weighted by Crippen LogP contribution is -2.36. The minimum atomic E-state index is 0.139. The molecule has 6 heteroatoms. The largest absolute Gasteiger partial charge is 0.454 e. The Kier molecular flexibility index (Phi) is 5.03. The summed E-state index contributed by atoms with van der Waals surface area (Å²) in [5.41, 5.74) is 2.27. The van der Waals surface area contributed by atoms with Gasteiger partial charge >= 0.3 is 0 Å². The van der Waals surface area contributed by atoms with Crippen LogP contribution in [0.15, 0.2) is 46.9 Å². The summed E-state index contributed by atoms with van der Waals surface area (Å²) in [6.45, 7) is 3.00. The first-order valence-corrected chi connectivity index (χ1v) is 8.50. The molecule has 3 rings (SSSR count). The summed E-state index contributed by atoms with van der Waals surface area (Å²) in [4.78, 5) is 0. The van der Waals surface area contributed by atoms with E-state index in [-0.39, 0.29) is 12.8 Å². The van der Waals surface area contributed by atoms with Crippen LogP contribution in [0.2, 0.25) is 0 Å². The van der Waals surface area contributed by atoms with Gasteiger partial charge in [-0.15, -0.1) is 0 Å². The van der Waals surface area contributed by atoms with Gasteiger partial charge in [-0.25, -0.2) is 0 Å². The molecule has 23 heavy (non-hydrogen) atoms. The lowest BCUT2D eigenvalue weighted by atomic mass is 10.1. The van der Waals surface area contributed by atoms with Gasteiger partial charge < -0.3 is 20.1 Å². The van der Waals surface area contributed by atoms with E-state index in [9.17, 15) is 0 Å². The van der Waals surface area contributed by atoms with Crippen molar-refractivity contribution in [1.29, 1.82) is 0 Å². The van der Waals surface area contributed by atoms with E-state index in [0.717, 1.165) is 21.5 Å². The van der Waals surface area contributed by atoms with Gasteiger partial charge in [0.2, 0.25) is 6.79 Å². The molecular weight excluding hydrogens is 376 g/mol. The van der Waals surface area contributed by atoms with Crippen molar-refractivity contribution in [2.45, 2.75) is 19.5 Å². The average molecular weight is 393 g/mol. The van der Waals surface area contributed by atoms with Crippen LogP contribution in [0.3, 0.4) is 0 Å². The molecule has 2 N–H and O–H groups in total. The number of halogens is 1. The van der Waals surface area contributed by atoms with Crippen LogP contribution in [0.4, 0.5) is 0 Å². The third kappa shape index (κ3) is 4.14. The number of hydrogen-bond donors (Lipinski definition) is 2. The summed E-state index contributed by atoms with van der Waals surface area (Å²) >= 11 is 8.81. The summed E-state index contributed by atoms with van der Waals surface area (Å²) in [6.07, 6.45) is 0. The van der Waals surface area contributed by atoms with Crippen LogP contribution < -0.4 is 20.1 Å². The van der Waals surface area contributed by atoms with Gasteiger partial charge in [-0.3, -0.25) is 0 Å². The maximum atomic E-state index is 5.38. The van der Waals surface area contributed by atoms with Crippen LogP contribution in [0, 0.1) is 0 Å². The van der Waals surface area contributed by atoms with E-state index < -0.39 is 0 Å². The summed E-state index contributed by atoms with van der Waals surface area (Å²) in [5.74, 6) is 1.57. The van der Waals surface area contributed by atoms with Gasteiger partial charge in [-0.05, 0) is 54.5 Å². The van der Waals surface area contributed by atoms with Crippen LogP contribution in [0.1, 0.15) is 24.1 Å². The molecule has 1 atom stereocenters. The third-order valence-electron chi connectivity index (χ3n) is 3.61. The first-order chi connectivity index (χ1) is 11.1. The van der Waals surface area contributed by atoms with Crippen molar-refractivity contribution in [3.05, 3.63) is 58.1 Å². The molecule has 0 saturated heterocycles. The number of rotatable bonds is 4. The van der Waals surface area contributed by atoms with Crippen molar-refractivity contribution in [2.24, 2.45) is 0 Å². The Bertz CT molecular complexity index is 706. The zero-order chi connectivity index (χ0) is 16.2. The van der Waals surface area contributed by atoms with Crippen molar-refractivity contribution in [3.8, 4) is 11.5 Å². The van der Waals surface area contributed by atoms with Gasteiger partial charge in [-0.2, -0.15) is 0 Å². The van der Waals surface area contributed by atoms with Gasteiger partial charge in [0.05, 0.1) is 6.04 Å². The number of benzene rings is 2. The normalized spacial score (nSPS) is 13.5. The van der Waals surface area contributed by atoms with Crippen molar-refractivity contribution >= 4 is 33.3 Å². The van der Waals surface area contributed by atoms with Crippen LogP contribution in [0.5, 0.6) is 11.5 Å². The number of thiocarbonyl (C=S) groups is 1. The molecule has 2 aromatic carbocycles. The number of ether oxygens (including phenoxy) is 2. The molecular formula is C17H17BrN2O2S. The van der Waals surface area contributed by atoms with Gasteiger partial charge in [0.25, 0.3) is 0 Å². The van der Waals surface area contributed by atoms with E-state index >= 15 is 0 Å². The molecule has 1 heterocycles. The lowest BCUT2D eigenvalue weighted by Gasteiger charge is -2.17. The summed E-state index contributed by atoms with van der Waals surface area (Å²) < 4.78 is 11.7. The standard InChI is InChI=1S/C17H17BrN2O2S/c1-11(13-3-5-14(18)6-4-13)20-17(23)19-9-12-2-7-15-16(8-12)22-10-21-15/h2-8,11H,9-10H2,1H3,(H2,19,20,23). The number of fused-ring (bicyclic) bond motifs is 1. The fourth-order valence-electron chi connectivity index (χ4n) is 2.32. The lowest BCUT2D eigenvalue weighted by molar-refractivity contribution is 0.174. The highest BCUT2D eigenvalue weighted by Crippen LogP contribution is 2.32. The highest BCUT2D eigenvalue weighted by atomic mass is 79.9. The Morgan fingerprint density at radius 2 is 1.91 bits per heavy atom. The highest BCUT2D eigenvalue weighted by Gasteiger charge is 2.13. The third-order valence-corrected chi connectivity index (χ3v) is 4.40. The predicted molar refractivity (Wildman–Crippen MR) is 97.7 cm³/mol. The van der Waals surface area contributed by atoms with E-state index in [0.29, 0.717) is 11.7 Å². The number of hydrogen-bond acceptors (Lipinski definition) is 3. The second kappa shape index (κ2) is 7.19. The topological polar surface area (TPSA) is 42.5 Å². The quantitative estimate of drug-likeness (QED) is 0.772. The second-order valence-corrected chi connectivity index (χ2v) is 6.61. The second-order valence-electron chi connectivity index (χ2n) is 5.29. The molecule has 0 fully saturated rings. The molecule has 2 aromatic rings. The maximum Gasteiger partial charge on any atom is 0.231 e. The molecule has 0 radical (unpaired) electrons. The van der Waals surface area contributed by atoms with Crippen LogP contribution in [-0.2, 0) is 6.54 Å². The molecule has 1 aliphatic rings. The Morgan fingerprint density at radius 1 is 1.17 bits per heavy atom. The van der Waals surface area contributed by atoms with Gasteiger partial charge in [0.15, 0.2) is 16.6 Å². The molecule has 0 aromatic heterocycles. The Hall–Kier alpha value is -1.79. The fraction of sp³-hybridized carbons (Fsp3) is 0.235. The van der Waals surface area contributed by atoms with Crippen molar-refractivity contribution < 1.29 is 9.47 Å². The number of nitrogens with one attached hydrogen (secondary N) is 2. The minimum absolute atomic E-state index is 0.139. The van der Waals surface area contributed by atoms with E-state index in [1.165, 1.54) is 5.56 Å². The molecule has 0 amide bonds. The smallest absolute Gasteiger partial charge is 0.231 e. The van der Waals surface area contributed by atoms with Crippen LogP contribution in [-0.4, -0.2) is 11.9 Å². The van der Waals surface area contributed by atoms with Crippen molar-refractivity contribution in [1.82, 2.24) is 10.6 Å². The van der Waals surface area contributed by atoms with E-state index in [2.05, 4.69) is 45.6 Å². The zero-order valence-corrected chi connectivity index (χ0v) is 15.0. The van der Waals surface area contributed by atoms with E-state index in [1.807, 2.05) is 30.3 Å². The Balaban J connectivity index is 1.52. The molecule has 0 spiro atoms. The minimum Gasteiger partial charge on any atom is -0.454 e. The van der Waals surface area contributed by atoms with Gasteiger partial charge in [0.1, 0.15) is 0 Å². The van der Waals surface area contributed by atoms with Crippen molar-refractivity contribution in [3.63, 3.8) is 0 Å². The summed E-state index contributed by atoms with van der Waals surface area (Å²) in [7, 11) is 0. The van der Waals surface area contributed by atoms with Gasteiger partial charge in [-0.1, -0.05) is 34.1 Å². The summed E-state index contributed by atoms with van der Waals surface area (Å²) in [6, 6.07) is 14.2. The average Bonchev–Trinajstić information content (AvgIpc) is 3.01. The highest BCUT2D eigenvalue weighted by molar-refractivity contribution is 9.10. The maximum absolute atomic E-state index is 5.38. The molecule has 120 valence electrons. The monoisotopic (exact) mass is 392 g/mol. The summed E-state index contributed by atoms with van der Waals surface area (Å²) in [5, 5.41) is 7.13. The van der Waals surface area contributed by atoms with E-state index in [1.54, 1.807) is 0 Å². The first kappa shape index (κ1) is 16.1. The molecule has 0 saturated carbocycles. The fourth-order valence-corrected chi connectivity index (χ4v) is 2.83. The molecule has 1 aliphatic heterocycles. The van der Waals surface area contributed by atoms with Gasteiger partial charge in [0, 0.05) is 11.0 Å². The predicted octanol–water partition coefficient (Wildman–Crippen LogP) is 3.90. The Morgan fingerprint density at radius 3 is 2.70 bits per heavy atom. The van der Waals surface area contributed by atoms with Crippen LogP contribution >= 0.6 is 28.1 Å². The van der Waals surface area contributed by atoms with Crippen LogP contribution in [0.25, 0.3) is 0 Å². The zero-order valence-electron chi connectivity index (χ0n) is 12.6.